The van der Waals surface area contributed by atoms with Gasteiger partial charge in [-0.1, -0.05) is 41.4 Å². The number of nitrogens with one attached hydrogen (secondary N) is 1. The summed E-state index contributed by atoms with van der Waals surface area (Å²) in [5.41, 5.74) is 0.788. The van der Waals surface area contributed by atoms with Crippen LogP contribution in [0.25, 0.3) is 0 Å². The molecule has 0 saturated carbocycles. The van der Waals surface area contributed by atoms with E-state index in [2.05, 4.69) is 5.32 Å². The molecular weight excluding hydrogens is 325 g/mol. The highest BCUT2D eigenvalue weighted by atomic mass is 35.5. The molecule has 0 spiro atoms. The third-order valence-corrected chi connectivity index (χ3v) is 3.86. The molecule has 1 atom stereocenters. The Kier molecular flexibility index (Phi) is 4.41. The first-order valence-corrected chi connectivity index (χ1v) is 7.49. The van der Waals surface area contributed by atoms with Crippen molar-refractivity contribution in [3.05, 3.63) is 58.1 Å². The molecule has 0 unspecified atom stereocenters. The Bertz CT molecular complexity index is 706. The van der Waals surface area contributed by atoms with Gasteiger partial charge in [-0.05, 0) is 29.8 Å². The third-order valence-electron chi connectivity index (χ3n) is 3.27. The Morgan fingerprint density at radius 1 is 1.18 bits per heavy atom. The average molecular weight is 338 g/mol. The molecule has 1 N–H and O–H groups in total. The van der Waals surface area contributed by atoms with E-state index in [4.69, 9.17) is 32.7 Å². The number of halogens is 2. The second-order valence-electron chi connectivity index (χ2n) is 4.82. The van der Waals surface area contributed by atoms with E-state index in [1.165, 1.54) is 0 Å². The Hall–Kier alpha value is -1.91. The fourth-order valence-corrected chi connectivity index (χ4v) is 2.59. The van der Waals surface area contributed by atoms with Gasteiger partial charge in [0.05, 0.1) is 0 Å². The lowest BCUT2D eigenvalue weighted by Gasteiger charge is -2.25. The number of ether oxygens (including phenoxy) is 2. The van der Waals surface area contributed by atoms with Crippen LogP contribution in [0, 0.1) is 0 Å². The number of rotatable bonds is 3. The zero-order valence-electron chi connectivity index (χ0n) is 11.5. The van der Waals surface area contributed by atoms with Crippen molar-refractivity contribution in [1.82, 2.24) is 5.32 Å². The van der Waals surface area contributed by atoms with Crippen LogP contribution in [0.5, 0.6) is 11.5 Å². The van der Waals surface area contributed by atoms with Gasteiger partial charge in [0.25, 0.3) is 5.91 Å². The highest BCUT2D eigenvalue weighted by Crippen LogP contribution is 2.30. The van der Waals surface area contributed by atoms with Crippen LogP contribution in [0.2, 0.25) is 10.0 Å². The van der Waals surface area contributed by atoms with E-state index >= 15 is 0 Å². The second kappa shape index (κ2) is 6.46. The van der Waals surface area contributed by atoms with Crippen LogP contribution < -0.4 is 14.8 Å². The maximum atomic E-state index is 12.2. The number of benzene rings is 2. The maximum Gasteiger partial charge on any atom is 0.264 e. The van der Waals surface area contributed by atoms with E-state index in [0.717, 1.165) is 5.56 Å². The molecule has 4 nitrogen and oxygen atoms in total. The lowest BCUT2D eigenvalue weighted by molar-refractivity contribution is -0.130. The quantitative estimate of drug-likeness (QED) is 0.933. The number of hydrogen-bond donors (Lipinski definition) is 1. The summed E-state index contributed by atoms with van der Waals surface area (Å²) in [5.74, 6) is 0.964. The molecule has 114 valence electrons. The minimum atomic E-state index is -0.680. The molecule has 2 aromatic rings. The zero-order chi connectivity index (χ0) is 15.5. The van der Waals surface area contributed by atoms with E-state index in [1.54, 1.807) is 30.3 Å². The molecule has 22 heavy (non-hydrogen) atoms. The molecule has 3 rings (SSSR count). The summed E-state index contributed by atoms with van der Waals surface area (Å²) in [6.45, 7) is 0.480. The highest BCUT2D eigenvalue weighted by Gasteiger charge is 2.27. The summed E-state index contributed by atoms with van der Waals surface area (Å²) < 4.78 is 11.2. The lowest BCUT2D eigenvalue weighted by Crippen LogP contribution is -2.43. The molecule has 1 aliphatic rings. The zero-order valence-corrected chi connectivity index (χ0v) is 13.0. The maximum absolute atomic E-state index is 12.2. The largest absolute Gasteiger partial charge is 0.485 e. The minimum absolute atomic E-state index is 0.178. The number of carbonyl (C=O) groups is 1. The highest BCUT2D eigenvalue weighted by molar-refractivity contribution is 6.35. The molecule has 0 aliphatic carbocycles. The normalized spacial score (nSPS) is 16.2. The number of para-hydroxylation sites is 2. The summed E-state index contributed by atoms with van der Waals surface area (Å²) in [7, 11) is 0. The molecule has 0 bridgehead atoms. The van der Waals surface area contributed by atoms with Crippen molar-refractivity contribution < 1.29 is 14.3 Å². The Labute approximate surface area is 137 Å². The van der Waals surface area contributed by atoms with Crippen LogP contribution in [-0.2, 0) is 11.3 Å². The van der Waals surface area contributed by atoms with Gasteiger partial charge >= 0.3 is 0 Å². The van der Waals surface area contributed by atoms with E-state index < -0.39 is 6.10 Å². The fourth-order valence-electron chi connectivity index (χ4n) is 2.11. The molecule has 2 aromatic carbocycles. The summed E-state index contributed by atoms with van der Waals surface area (Å²) in [6, 6.07) is 12.4. The van der Waals surface area contributed by atoms with Gasteiger partial charge in [0.2, 0.25) is 6.10 Å². The monoisotopic (exact) mass is 337 g/mol. The van der Waals surface area contributed by atoms with Crippen LogP contribution in [0.1, 0.15) is 5.56 Å². The molecule has 1 amide bonds. The molecule has 1 heterocycles. The van der Waals surface area contributed by atoms with Gasteiger partial charge in [-0.2, -0.15) is 0 Å². The smallest absolute Gasteiger partial charge is 0.264 e. The lowest BCUT2D eigenvalue weighted by atomic mass is 10.2. The van der Waals surface area contributed by atoms with Gasteiger partial charge in [-0.25, -0.2) is 0 Å². The van der Waals surface area contributed by atoms with Gasteiger partial charge in [-0.3, -0.25) is 4.79 Å². The first kappa shape index (κ1) is 15.0. The van der Waals surface area contributed by atoms with Crippen molar-refractivity contribution in [2.24, 2.45) is 0 Å². The average Bonchev–Trinajstić information content (AvgIpc) is 2.53. The predicted molar refractivity (Wildman–Crippen MR) is 84.7 cm³/mol. The van der Waals surface area contributed by atoms with Crippen molar-refractivity contribution in [2.45, 2.75) is 12.6 Å². The first-order valence-electron chi connectivity index (χ1n) is 6.73. The van der Waals surface area contributed by atoms with Crippen molar-refractivity contribution in [1.29, 1.82) is 0 Å². The van der Waals surface area contributed by atoms with E-state index in [-0.39, 0.29) is 12.5 Å². The van der Waals surface area contributed by atoms with Crippen LogP contribution in [-0.4, -0.2) is 18.6 Å². The molecule has 1 aliphatic heterocycles. The van der Waals surface area contributed by atoms with E-state index in [9.17, 15) is 4.79 Å². The predicted octanol–water partition coefficient (Wildman–Crippen LogP) is 3.45. The van der Waals surface area contributed by atoms with Crippen LogP contribution in [0.15, 0.2) is 42.5 Å². The number of hydrogen-bond acceptors (Lipinski definition) is 3. The van der Waals surface area contributed by atoms with Gasteiger partial charge in [0.1, 0.15) is 6.61 Å². The molecular formula is C16H13Cl2NO3. The van der Waals surface area contributed by atoms with Gasteiger partial charge < -0.3 is 14.8 Å². The number of amides is 1. The minimum Gasteiger partial charge on any atom is -0.485 e. The summed E-state index contributed by atoms with van der Waals surface area (Å²) >= 11 is 11.9. The van der Waals surface area contributed by atoms with Crippen molar-refractivity contribution in [3.8, 4) is 11.5 Å². The molecule has 0 fully saturated rings. The Morgan fingerprint density at radius 3 is 2.73 bits per heavy atom. The Morgan fingerprint density at radius 2 is 1.95 bits per heavy atom. The van der Waals surface area contributed by atoms with Crippen LogP contribution in [0.3, 0.4) is 0 Å². The van der Waals surface area contributed by atoms with Crippen LogP contribution >= 0.6 is 23.2 Å². The number of fused-ring (bicyclic) bond motifs is 1. The van der Waals surface area contributed by atoms with E-state index in [0.29, 0.717) is 28.1 Å². The SMILES string of the molecule is O=C(NCc1ccc(Cl)cc1Cl)[C@@H]1COc2ccccc2O1. The van der Waals surface area contributed by atoms with Crippen molar-refractivity contribution in [3.63, 3.8) is 0 Å². The third kappa shape index (κ3) is 3.29. The summed E-state index contributed by atoms with van der Waals surface area (Å²) in [4.78, 5) is 12.2. The standard InChI is InChI=1S/C16H13Cl2NO3/c17-11-6-5-10(12(18)7-11)8-19-16(20)15-9-21-13-3-1-2-4-14(13)22-15/h1-7,15H,8-9H2,(H,19,20)/t15-/m0/s1. The van der Waals surface area contributed by atoms with Gasteiger partial charge in [-0.15, -0.1) is 0 Å². The van der Waals surface area contributed by atoms with Gasteiger partial charge in [0.15, 0.2) is 11.5 Å². The summed E-state index contributed by atoms with van der Waals surface area (Å²) in [6.07, 6.45) is -0.680. The topological polar surface area (TPSA) is 47.6 Å². The first-order chi connectivity index (χ1) is 10.6. The molecule has 0 saturated heterocycles. The number of carbonyl (C=O) groups excluding carboxylic acids is 1. The summed E-state index contributed by atoms with van der Waals surface area (Å²) in [5, 5.41) is 3.86. The van der Waals surface area contributed by atoms with Crippen molar-refractivity contribution in [2.75, 3.05) is 6.61 Å². The van der Waals surface area contributed by atoms with Gasteiger partial charge in [0, 0.05) is 16.6 Å². The second-order valence-corrected chi connectivity index (χ2v) is 5.66. The molecule has 6 heteroatoms. The van der Waals surface area contributed by atoms with Crippen molar-refractivity contribution >= 4 is 29.1 Å². The van der Waals surface area contributed by atoms with E-state index in [1.807, 2.05) is 12.1 Å². The fraction of sp³-hybridized carbons (Fsp3) is 0.188. The Balaban J connectivity index is 1.61. The molecule has 0 aromatic heterocycles. The van der Waals surface area contributed by atoms with Crippen LogP contribution in [0.4, 0.5) is 0 Å². The molecule has 0 radical (unpaired) electrons.